The van der Waals surface area contributed by atoms with Crippen LogP contribution in [0.3, 0.4) is 0 Å². The van der Waals surface area contributed by atoms with Gasteiger partial charge in [0.05, 0.1) is 5.52 Å². The van der Waals surface area contributed by atoms with E-state index in [-0.39, 0.29) is 0 Å². The van der Waals surface area contributed by atoms with Crippen LogP contribution < -0.4 is 0 Å². The SMILES string of the molecule is CN1CCC(c2ccc3c4cnccc4n(C)c3c2)CC1. The molecule has 1 fully saturated rings. The summed E-state index contributed by atoms with van der Waals surface area (Å²) in [5, 5.41) is 2.57. The van der Waals surface area contributed by atoms with Crippen LogP contribution in [0.4, 0.5) is 0 Å². The van der Waals surface area contributed by atoms with Crippen LogP contribution in [0.1, 0.15) is 24.3 Å². The monoisotopic (exact) mass is 279 g/mol. The Labute approximate surface area is 125 Å². The van der Waals surface area contributed by atoms with E-state index in [0.717, 1.165) is 0 Å². The highest BCUT2D eigenvalue weighted by Crippen LogP contribution is 2.33. The number of aromatic nitrogens is 2. The van der Waals surface area contributed by atoms with E-state index in [0.29, 0.717) is 5.92 Å². The van der Waals surface area contributed by atoms with Gasteiger partial charge in [-0.25, -0.2) is 0 Å². The van der Waals surface area contributed by atoms with Crippen molar-refractivity contribution in [3.8, 4) is 0 Å². The summed E-state index contributed by atoms with van der Waals surface area (Å²) in [6.07, 6.45) is 6.40. The fraction of sp³-hybridized carbons (Fsp3) is 0.389. The zero-order chi connectivity index (χ0) is 14.4. The van der Waals surface area contributed by atoms with Gasteiger partial charge in [0.25, 0.3) is 0 Å². The van der Waals surface area contributed by atoms with E-state index in [1.807, 2.05) is 12.4 Å². The maximum absolute atomic E-state index is 4.28. The van der Waals surface area contributed by atoms with Crippen LogP contribution in [0.5, 0.6) is 0 Å². The van der Waals surface area contributed by atoms with Gasteiger partial charge in [0.1, 0.15) is 0 Å². The minimum atomic E-state index is 0.710. The number of likely N-dealkylation sites (tertiary alicyclic amines) is 1. The number of fused-ring (bicyclic) bond motifs is 3. The smallest absolute Gasteiger partial charge is 0.0519 e. The van der Waals surface area contributed by atoms with Crippen LogP contribution in [0.2, 0.25) is 0 Å². The molecule has 1 aliphatic rings. The molecule has 3 aromatic rings. The van der Waals surface area contributed by atoms with Crippen molar-refractivity contribution in [1.82, 2.24) is 14.5 Å². The maximum atomic E-state index is 4.28. The van der Waals surface area contributed by atoms with Gasteiger partial charge in [0.2, 0.25) is 0 Å². The molecule has 1 aliphatic heterocycles. The van der Waals surface area contributed by atoms with Crippen molar-refractivity contribution in [2.45, 2.75) is 18.8 Å². The predicted molar refractivity (Wildman–Crippen MR) is 87.7 cm³/mol. The maximum Gasteiger partial charge on any atom is 0.0519 e. The van der Waals surface area contributed by atoms with Crippen molar-refractivity contribution in [3.63, 3.8) is 0 Å². The summed E-state index contributed by atoms with van der Waals surface area (Å²) in [7, 11) is 4.37. The van der Waals surface area contributed by atoms with Gasteiger partial charge < -0.3 is 9.47 Å². The van der Waals surface area contributed by atoms with Crippen molar-refractivity contribution in [3.05, 3.63) is 42.2 Å². The summed E-state index contributed by atoms with van der Waals surface area (Å²) in [5.41, 5.74) is 4.09. The molecule has 3 nitrogen and oxygen atoms in total. The average Bonchev–Trinajstić information content (AvgIpc) is 2.81. The van der Waals surface area contributed by atoms with Crippen molar-refractivity contribution in [2.24, 2.45) is 7.05 Å². The minimum absolute atomic E-state index is 0.710. The Bertz CT molecular complexity index is 795. The Morgan fingerprint density at radius 2 is 1.81 bits per heavy atom. The minimum Gasteiger partial charge on any atom is -0.344 e. The second-order valence-electron chi connectivity index (χ2n) is 6.31. The fourth-order valence-electron chi connectivity index (χ4n) is 3.67. The Balaban J connectivity index is 1.83. The van der Waals surface area contributed by atoms with Gasteiger partial charge in [-0.2, -0.15) is 0 Å². The fourth-order valence-corrected chi connectivity index (χ4v) is 3.67. The Morgan fingerprint density at radius 1 is 1.00 bits per heavy atom. The average molecular weight is 279 g/mol. The highest BCUT2D eigenvalue weighted by molar-refractivity contribution is 6.07. The topological polar surface area (TPSA) is 21.1 Å². The third-order valence-electron chi connectivity index (χ3n) is 5.02. The second kappa shape index (κ2) is 4.85. The Hall–Kier alpha value is -1.87. The van der Waals surface area contributed by atoms with Crippen molar-refractivity contribution >= 4 is 21.8 Å². The van der Waals surface area contributed by atoms with Crippen LogP contribution >= 0.6 is 0 Å². The molecule has 0 spiro atoms. The van der Waals surface area contributed by atoms with Gasteiger partial charge in [-0.15, -0.1) is 0 Å². The first-order chi connectivity index (χ1) is 10.2. The number of rotatable bonds is 1. The summed E-state index contributed by atoms with van der Waals surface area (Å²) in [5.74, 6) is 0.710. The molecule has 1 aromatic carbocycles. The van der Waals surface area contributed by atoms with Gasteiger partial charge >= 0.3 is 0 Å². The largest absolute Gasteiger partial charge is 0.344 e. The van der Waals surface area contributed by atoms with Crippen LogP contribution in [0, 0.1) is 0 Å². The van der Waals surface area contributed by atoms with Gasteiger partial charge in [-0.05, 0) is 56.6 Å². The zero-order valence-electron chi connectivity index (χ0n) is 12.7. The van der Waals surface area contributed by atoms with E-state index in [4.69, 9.17) is 0 Å². The highest BCUT2D eigenvalue weighted by Gasteiger charge is 2.19. The molecule has 4 rings (SSSR count). The number of nitrogens with zero attached hydrogens (tertiary/aromatic N) is 3. The molecule has 0 atom stereocenters. The summed E-state index contributed by atoms with van der Waals surface area (Å²) in [6, 6.07) is 9.10. The normalized spacial score (nSPS) is 17.8. The molecular weight excluding hydrogens is 258 g/mol. The molecule has 0 unspecified atom stereocenters. The van der Waals surface area contributed by atoms with Crippen molar-refractivity contribution in [2.75, 3.05) is 20.1 Å². The lowest BCUT2D eigenvalue weighted by atomic mass is 9.89. The van der Waals surface area contributed by atoms with E-state index >= 15 is 0 Å². The van der Waals surface area contributed by atoms with Crippen LogP contribution in [0.15, 0.2) is 36.7 Å². The molecule has 0 amide bonds. The molecule has 3 heteroatoms. The number of aryl methyl sites for hydroxylation is 1. The lowest BCUT2D eigenvalue weighted by Gasteiger charge is -2.29. The summed E-state index contributed by atoms with van der Waals surface area (Å²) < 4.78 is 2.30. The van der Waals surface area contributed by atoms with Gasteiger partial charge in [-0.3, -0.25) is 4.98 Å². The predicted octanol–water partition coefficient (Wildman–Crippen LogP) is 3.54. The first-order valence-electron chi connectivity index (χ1n) is 7.74. The van der Waals surface area contributed by atoms with E-state index < -0.39 is 0 Å². The lowest BCUT2D eigenvalue weighted by Crippen LogP contribution is -2.29. The van der Waals surface area contributed by atoms with Gasteiger partial charge in [-0.1, -0.05) is 12.1 Å². The molecule has 0 saturated carbocycles. The number of benzene rings is 1. The number of hydrogen-bond acceptors (Lipinski definition) is 2. The number of pyridine rings is 1. The van der Waals surface area contributed by atoms with E-state index in [9.17, 15) is 0 Å². The second-order valence-corrected chi connectivity index (χ2v) is 6.31. The summed E-state index contributed by atoms with van der Waals surface area (Å²) in [6.45, 7) is 2.42. The van der Waals surface area contributed by atoms with Gasteiger partial charge in [0, 0.05) is 35.7 Å². The molecule has 0 radical (unpaired) electrons. The van der Waals surface area contributed by atoms with Crippen molar-refractivity contribution < 1.29 is 0 Å². The quantitative estimate of drug-likeness (QED) is 0.679. The van der Waals surface area contributed by atoms with E-state index in [1.165, 1.54) is 53.3 Å². The molecule has 0 aliphatic carbocycles. The molecular formula is C18H21N3. The summed E-state index contributed by atoms with van der Waals surface area (Å²) in [4.78, 5) is 6.71. The first-order valence-corrected chi connectivity index (χ1v) is 7.74. The summed E-state index contributed by atoms with van der Waals surface area (Å²) >= 11 is 0. The molecule has 108 valence electrons. The molecule has 0 N–H and O–H groups in total. The van der Waals surface area contributed by atoms with Crippen LogP contribution in [-0.2, 0) is 7.05 Å². The first kappa shape index (κ1) is 12.8. The van der Waals surface area contributed by atoms with Crippen molar-refractivity contribution in [1.29, 1.82) is 0 Å². The third-order valence-corrected chi connectivity index (χ3v) is 5.02. The molecule has 0 bridgehead atoms. The molecule has 21 heavy (non-hydrogen) atoms. The third kappa shape index (κ3) is 2.04. The standard InChI is InChI=1S/C18H21N3/c1-20-9-6-13(7-10-20)14-3-4-15-16-12-19-8-5-17(16)21(2)18(15)11-14/h3-5,8,11-13H,6-7,9-10H2,1-2H3. The van der Waals surface area contributed by atoms with E-state index in [1.54, 1.807) is 0 Å². The number of piperidine rings is 1. The highest BCUT2D eigenvalue weighted by atomic mass is 15.1. The Morgan fingerprint density at radius 3 is 2.62 bits per heavy atom. The zero-order valence-corrected chi connectivity index (χ0v) is 12.7. The van der Waals surface area contributed by atoms with Crippen LogP contribution in [0.25, 0.3) is 21.8 Å². The van der Waals surface area contributed by atoms with E-state index in [2.05, 4.69) is 52.8 Å². The molecule has 1 saturated heterocycles. The number of hydrogen-bond donors (Lipinski definition) is 0. The molecule has 2 aromatic heterocycles. The Kier molecular flexibility index (Phi) is 2.96. The molecule has 3 heterocycles. The van der Waals surface area contributed by atoms with Crippen LogP contribution in [-0.4, -0.2) is 34.6 Å². The lowest BCUT2D eigenvalue weighted by molar-refractivity contribution is 0.255. The van der Waals surface area contributed by atoms with Gasteiger partial charge in [0.15, 0.2) is 0 Å².